The molecule has 0 aliphatic carbocycles. The van der Waals surface area contributed by atoms with Crippen LogP contribution in [-0.2, 0) is 6.42 Å². The van der Waals surface area contributed by atoms with E-state index in [0.29, 0.717) is 12.0 Å². The lowest BCUT2D eigenvalue weighted by Gasteiger charge is -2.21. The molecule has 0 radical (unpaired) electrons. The number of rotatable bonds is 5. The molecule has 0 saturated carbocycles. The van der Waals surface area contributed by atoms with Crippen LogP contribution in [0.1, 0.15) is 17.2 Å². The molecule has 2 rings (SSSR count). The summed E-state index contributed by atoms with van der Waals surface area (Å²) in [4.78, 5) is 0. The molecular formula is C16H19ClFNO2. The minimum atomic E-state index is -0.812. The van der Waals surface area contributed by atoms with Gasteiger partial charge in [-0.3, -0.25) is 0 Å². The van der Waals surface area contributed by atoms with Crippen molar-refractivity contribution in [3.8, 4) is 5.75 Å². The van der Waals surface area contributed by atoms with Gasteiger partial charge in [-0.2, -0.15) is 0 Å². The SMILES string of the molecule is COc1c(F)cccc1[C@H](N)[C@H](O)Cc1ccccc1.Cl. The third kappa shape index (κ3) is 4.17. The summed E-state index contributed by atoms with van der Waals surface area (Å²) < 4.78 is 18.7. The summed E-state index contributed by atoms with van der Waals surface area (Å²) in [6.07, 6.45) is -0.408. The Morgan fingerprint density at radius 1 is 1.14 bits per heavy atom. The monoisotopic (exact) mass is 311 g/mol. The average Bonchev–Trinajstić information content (AvgIpc) is 2.47. The van der Waals surface area contributed by atoms with E-state index in [4.69, 9.17) is 10.5 Å². The first kappa shape index (κ1) is 17.4. The van der Waals surface area contributed by atoms with Crippen molar-refractivity contribution in [3.63, 3.8) is 0 Å². The zero-order chi connectivity index (χ0) is 14.5. The van der Waals surface area contributed by atoms with Gasteiger partial charge in [-0.05, 0) is 11.6 Å². The number of methoxy groups -OCH3 is 1. The number of ether oxygens (including phenoxy) is 1. The first-order valence-electron chi connectivity index (χ1n) is 6.43. The normalized spacial score (nSPS) is 13.1. The van der Waals surface area contributed by atoms with E-state index in [9.17, 15) is 9.50 Å². The summed E-state index contributed by atoms with van der Waals surface area (Å²) in [5, 5.41) is 10.2. The summed E-state index contributed by atoms with van der Waals surface area (Å²) in [5.41, 5.74) is 7.48. The van der Waals surface area contributed by atoms with Crippen molar-refractivity contribution < 1.29 is 14.2 Å². The quantitative estimate of drug-likeness (QED) is 0.892. The van der Waals surface area contributed by atoms with Crippen LogP contribution in [0.25, 0.3) is 0 Å². The summed E-state index contributed by atoms with van der Waals surface area (Å²) in [6.45, 7) is 0. The number of aliphatic hydroxyl groups is 1. The van der Waals surface area contributed by atoms with Crippen molar-refractivity contribution in [2.24, 2.45) is 5.73 Å². The highest BCUT2D eigenvalue weighted by molar-refractivity contribution is 5.85. The van der Waals surface area contributed by atoms with Gasteiger partial charge in [0.15, 0.2) is 11.6 Å². The zero-order valence-corrected chi connectivity index (χ0v) is 12.5. The molecule has 21 heavy (non-hydrogen) atoms. The zero-order valence-electron chi connectivity index (χ0n) is 11.7. The largest absolute Gasteiger partial charge is 0.493 e. The molecule has 2 atom stereocenters. The van der Waals surface area contributed by atoms with Crippen LogP contribution in [-0.4, -0.2) is 18.3 Å². The summed E-state index contributed by atoms with van der Waals surface area (Å²) in [5.74, 6) is -0.389. The highest BCUT2D eigenvalue weighted by Crippen LogP contribution is 2.29. The van der Waals surface area contributed by atoms with Gasteiger partial charge < -0.3 is 15.6 Å². The number of benzene rings is 2. The van der Waals surface area contributed by atoms with E-state index >= 15 is 0 Å². The van der Waals surface area contributed by atoms with Gasteiger partial charge in [0.05, 0.1) is 19.3 Å². The van der Waals surface area contributed by atoms with Crippen molar-refractivity contribution in [2.75, 3.05) is 7.11 Å². The molecule has 3 nitrogen and oxygen atoms in total. The average molecular weight is 312 g/mol. The van der Waals surface area contributed by atoms with Crippen LogP contribution >= 0.6 is 12.4 Å². The van der Waals surface area contributed by atoms with E-state index in [-0.39, 0.29) is 18.2 Å². The van der Waals surface area contributed by atoms with E-state index in [1.54, 1.807) is 12.1 Å². The standard InChI is InChI=1S/C16H18FNO2.ClH/c1-20-16-12(8-5-9-13(16)17)15(18)14(19)10-11-6-3-2-4-7-11;/h2-9,14-15,19H,10,18H2,1H3;1H/t14-,15+;/m1./s1. The highest BCUT2D eigenvalue weighted by atomic mass is 35.5. The summed E-state index contributed by atoms with van der Waals surface area (Å²) in [7, 11) is 1.39. The van der Waals surface area contributed by atoms with E-state index < -0.39 is 18.0 Å². The Kier molecular flexibility index (Phi) is 6.62. The smallest absolute Gasteiger partial charge is 0.165 e. The Morgan fingerprint density at radius 2 is 1.81 bits per heavy atom. The third-order valence-corrected chi connectivity index (χ3v) is 3.26. The molecule has 0 aliphatic rings. The van der Waals surface area contributed by atoms with Gasteiger partial charge >= 0.3 is 0 Å². The molecule has 5 heteroatoms. The Hall–Kier alpha value is -1.62. The molecule has 0 spiro atoms. The molecule has 2 aromatic carbocycles. The fraction of sp³-hybridized carbons (Fsp3) is 0.250. The second kappa shape index (κ2) is 7.98. The second-order valence-electron chi connectivity index (χ2n) is 4.65. The fourth-order valence-electron chi connectivity index (χ4n) is 2.19. The Labute approximate surface area is 130 Å². The van der Waals surface area contributed by atoms with Crippen LogP contribution in [0.5, 0.6) is 5.75 Å². The molecular weight excluding hydrogens is 293 g/mol. The van der Waals surface area contributed by atoms with E-state index in [1.807, 2.05) is 30.3 Å². The molecule has 0 saturated heterocycles. The van der Waals surface area contributed by atoms with Crippen LogP contribution in [0.15, 0.2) is 48.5 Å². The number of hydrogen-bond donors (Lipinski definition) is 2. The molecule has 2 aromatic rings. The van der Waals surface area contributed by atoms with Crippen LogP contribution in [0.4, 0.5) is 4.39 Å². The topological polar surface area (TPSA) is 55.5 Å². The van der Waals surface area contributed by atoms with Crippen molar-refractivity contribution >= 4 is 12.4 Å². The second-order valence-corrected chi connectivity index (χ2v) is 4.65. The summed E-state index contributed by atoms with van der Waals surface area (Å²) >= 11 is 0. The highest BCUT2D eigenvalue weighted by Gasteiger charge is 2.22. The molecule has 0 unspecified atom stereocenters. The van der Waals surface area contributed by atoms with Gasteiger partial charge in [0.1, 0.15) is 0 Å². The lowest BCUT2D eigenvalue weighted by molar-refractivity contribution is 0.143. The number of halogens is 2. The molecule has 0 heterocycles. The minimum Gasteiger partial charge on any atom is -0.493 e. The van der Waals surface area contributed by atoms with Crippen molar-refractivity contribution in [2.45, 2.75) is 18.6 Å². The lowest BCUT2D eigenvalue weighted by atomic mass is 9.96. The van der Waals surface area contributed by atoms with Crippen molar-refractivity contribution in [1.29, 1.82) is 0 Å². The number of nitrogens with two attached hydrogens (primary N) is 1. The van der Waals surface area contributed by atoms with Crippen LogP contribution < -0.4 is 10.5 Å². The molecule has 0 fully saturated rings. The number of para-hydroxylation sites is 1. The lowest BCUT2D eigenvalue weighted by Crippen LogP contribution is -2.28. The fourth-order valence-corrected chi connectivity index (χ4v) is 2.19. The van der Waals surface area contributed by atoms with Crippen molar-refractivity contribution in [1.82, 2.24) is 0 Å². The van der Waals surface area contributed by atoms with Crippen LogP contribution in [0.2, 0.25) is 0 Å². The number of aliphatic hydroxyl groups excluding tert-OH is 1. The van der Waals surface area contributed by atoms with Gasteiger partial charge in [0.25, 0.3) is 0 Å². The van der Waals surface area contributed by atoms with E-state index in [0.717, 1.165) is 5.56 Å². The molecule has 0 aromatic heterocycles. The van der Waals surface area contributed by atoms with Crippen molar-refractivity contribution in [3.05, 3.63) is 65.5 Å². The van der Waals surface area contributed by atoms with Gasteiger partial charge in [0, 0.05) is 12.0 Å². The Bertz CT molecular complexity index is 565. The minimum absolute atomic E-state index is 0. The Morgan fingerprint density at radius 3 is 2.43 bits per heavy atom. The maximum absolute atomic E-state index is 13.6. The first-order chi connectivity index (χ1) is 9.63. The third-order valence-electron chi connectivity index (χ3n) is 3.26. The maximum atomic E-state index is 13.6. The van der Waals surface area contributed by atoms with Gasteiger partial charge in [-0.1, -0.05) is 42.5 Å². The van der Waals surface area contributed by atoms with Gasteiger partial charge in [-0.15, -0.1) is 12.4 Å². The molecule has 0 aliphatic heterocycles. The first-order valence-corrected chi connectivity index (χ1v) is 6.43. The maximum Gasteiger partial charge on any atom is 0.165 e. The van der Waals surface area contributed by atoms with E-state index in [1.165, 1.54) is 13.2 Å². The van der Waals surface area contributed by atoms with E-state index in [2.05, 4.69) is 0 Å². The van der Waals surface area contributed by atoms with Crippen LogP contribution in [0.3, 0.4) is 0 Å². The van der Waals surface area contributed by atoms with Gasteiger partial charge in [-0.25, -0.2) is 4.39 Å². The summed E-state index contributed by atoms with van der Waals surface area (Å²) in [6, 6.07) is 13.4. The molecule has 0 amide bonds. The van der Waals surface area contributed by atoms with Gasteiger partial charge in [0.2, 0.25) is 0 Å². The Balaban J connectivity index is 0.00000220. The molecule has 114 valence electrons. The predicted molar refractivity (Wildman–Crippen MR) is 83.3 cm³/mol. The molecule has 3 N–H and O–H groups in total. The predicted octanol–water partition coefficient (Wildman–Crippen LogP) is 2.86. The van der Waals surface area contributed by atoms with Crippen LogP contribution in [0, 0.1) is 5.82 Å². The number of hydrogen-bond acceptors (Lipinski definition) is 3. The molecule has 0 bridgehead atoms.